The first-order chi connectivity index (χ1) is 14.7. The predicted molar refractivity (Wildman–Crippen MR) is 123 cm³/mol. The van der Waals surface area contributed by atoms with Gasteiger partial charge >= 0.3 is 5.97 Å². The number of halogens is 1. The zero-order valence-corrected chi connectivity index (χ0v) is 18.8. The van der Waals surface area contributed by atoms with E-state index in [4.69, 9.17) is 0 Å². The monoisotopic (exact) mass is 477 g/mol. The summed E-state index contributed by atoms with van der Waals surface area (Å²) in [5.41, 5.74) is 4.54. The van der Waals surface area contributed by atoms with Gasteiger partial charge in [-0.25, -0.2) is 4.79 Å². The van der Waals surface area contributed by atoms with Gasteiger partial charge < -0.3 is 15.0 Å². The Hall–Kier alpha value is -3.63. The molecule has 0 aliphatic rings. The number of carboxylic acid groups (broad SMARTS) is 1. The minimum atomic E-state index is -0.988. The third-order valence-corrected chi connectivity index (χ3v) is 5.54. The van der Waals surface area contributed by atoms with Crippen LogP contribution in [0.2, 0.25) is 0 Å². The van der Waals surface area contributed by atoms with E-state index in [2.05, 4.69) is 21.2 Å². The molecule has 1 aromatic heterocycles. The maximum Gasteiger partial charge on any atom is 0.336 e. The Morgan fingerprint density at radius 2 is 1.81 bits per heavy atom. The minimum Gasteiger partial charge on any atom is -0.478 e. The molecule has 0 radical (unpaired) electrons. The van der Waals surface area contributed by atoms with Gasteiger partial charge in [0.05, 0.1) is 5.56 Å². The number of nitrogens with zero attached hydrogens (tertiary/aromatic N) is 2. The molecule has 0 atom stereocenters. The molecule has 1 amide bonds. The second kappa shape index (κ2) is 9.02. The Balaban J connectivity index is 1.99. The second-order valence-electron chi connectivity index (χ2n) is 7.05. The van der Waals surface area contributed by atoms with Crippen LogP contribution in [0.5, 0.6) is 0 Å². The van der Waals surface area contributed by atoms with Gasteiger partial charge in [-0.15, -0.1) is 0 Å². The number of hydrogen-bond acceptors (Lipinski definition) is 3. The van der Waals surface area contributed by atoms with E-state index in [1.807, 2.05) is 36.6 Å². The molecule has 0 saturated heterocycles. The molecule has 31 heavy (non-hydrogen) atoms. The van der Waals surface area contributed by atoms with Gasteiger partial charge in [-0.3, -0.25) is 4.79 Å². The highest BCUT2D eigenvalue weighted by molar-refractivity contribution is 9.10. The smallest absolute Gasteiger partial charge is 0.336 e. The standard InChI is InChI=1S/C24H20BrN3O3/c1-14-11-17(12-18(13-26)23(29)27-20-9-7-19(25)8-10-20)16(3)28(14)22-6-4-5-21(15(22)2)24(30)31/h4-12H,1-3H3,(H,27,29)(H,30,31)/b18-12-. The molecule has 0 unspecified atom stereocenters. The number of nitrogens with one attached hydrogen (secondary N) is 1. The topological polar surface area (TPSA) is 95.1 Å². The van der Waals surface area contributed by atoms with Gasteiger partial charge in [-0.2, -0.15) is 5.26 Å². The summed E-state index contributed by atoms with van der Waals surface area (Å²) in [6.07, 6.45) is 1.55. The van der Waals surface area contributed by atoms with E-state index in [0.29, 0.717) is 16.8 Å². The van der Waals surface area contributed by atoms with Crippen LogP contribution in [0.3, 0.4) is 0 Å². The summed E-state index contributed by atoms with van der Waals surface area (Å²) in [5.74, 6) is -1.49. The lowest BCUT2D eigenvalue weighted by atomic mass is 10.1. The molecular weight excluding hydrogens is 458 g/mol. The summed E-state index contributed by atoms with van der Waals surface area (Å²) in [6.45, 7) is 5.53. The van der Waals surface area contributed by atoms with Crippen LogP contribution >= 0.6 is 15.9 Å². The van der Waals surface area contributed by atoms with Crippen LogP contribution in [-0.4, -0.2) is 21.6 Å². The summed E-state index contributed by atoms with van der Waals surface area (Å²) in [7, 11) is 0. The van der Waals surface area contributed by atoms with Gasteiger partial charge in [-0.1, -0.05) is 22.0 Å². The van der Waals surface area contributed by atoms with E-state index in [0.717, 1.165) is 21.5 Å². The molecule has 0 aliphatic heterocycles. The largest absolute Gasteiger partial charge is 0.478 e. The molecule has 2 N–H and O–H groups in total. The van der Waals surface area contributed by atoms with E-state index in [9.17, 15) is 20.0 Å². The number of anilines is 1. The van der Waals surface area contributed by atoms with Crippen LogP contribution in [0.25, 0.3) is 11.8 Å². The van der Waals surface area contributed by atoms with Crippen molar-refractivity contribution in [2.24, 2.45) is 0 Å². The van der Waals surface area contributed by atoms with Gasteiger partial charge in [0, 0.05) is 27.2 Å². The van der Waals surface area contributed by atoms with Gasteiger partial charge in [-0.05, 0) is 80.4 Å². The van der Waals surface area contributed by atoms with Crippen molar-refractivity contribution in [1.82, 2.24) is 4.57 Å². The number of benzene rings is 2. The van der Waals surface area contributed by atoms with E-state index in [-0.39, 0.29) is 11.1 Å². The SMILES string of the molecule is Cc1c(C(=O)O)cccc1-n1c(C)cc(/C=C(/C#N)C(=O)Nc2ccc(Br)cc2)c1C. The first-order valence-electron chi connectivity index (χ1n) is 9.44. The van der Waals surface area contributed by atoms with Crippen LogP contribution in [0.4, 0.5) is 5.69 Å². The maximum atomic E-state index is 12.6. The van der Waals surface area contributed by atoms with Crippen LogP contribution in [-0.2, 0) is 4.79 Å². The number of rotatable bonds is 5. The molecule has 0 saturated carbocycles. The third-order valence-electron chi connectivity index (χ3n) is 5.01. The average Bonchev–Trinajstić information content (AvgIpc) is 3.00. The first kappa shape index (κ1) is 22.1. The molecule has 7 heteroatoms. The molecule has 3 aromatic rings. The molecule has 3 rings (SSSR count). The first-order valence-corrected chi connectivity index (χ1v) is 10.2. The summed E-state index contributed by atoms with van der Waals surface area (Å²) in [5, 5.41) is 21.7. The number of aryl methyl sites for hydroxylation is 1. The summed E-state index contributed by atoms with van der Waals surface area (Å²) < 4.78 is 2.81. The molecule has 1 heterocycles. The Labute approximate surface area is 188 Å². The summed E-state index contributed by atoms with van der Waals surface area (Å²) in [4.78, 5) is 24.1. The number of hydrogen-bond donors (Lipinski definition) is 2. The lowest BCUT2D eigenvalue weighted by molar-refractivity contribution is -0.112. The van der Waals surface area contributed by atoms with E-state index in [1.165, 1.54) is 0 Å². The van der Waals surface area contributed by atoms with E-state index in [1.54, 1.807) is 49.4 Å². The maximum absolute atomic E-state index is 12.6. The summed E-state index contributed by atoms with van der Waals surface area (Å²) in [6, 6.07) is 16.0. The van der Waals surface area contributed by atoms with Crippen molar-refractivity contribution in [2.75, 3.05) is 5.32 Å². The fourth-order valence-corrected chi connectivity index (χ4v) is 3.70. The van der Waals surface area contributed by atoms with E-state index < -0.39 is 11.9 Å². The fourth-order valence-electron chi connectivity index (χ4n) is 3.44. The molecule has 0 bridgehead atoms. The van der Waals surface area contributed by atoms with Crippen molar-refractivity contribution in [3.8, 4) is 11.8 Å². The van der Waals surface area contributed by atoms with Crippen molar-refractivity contribution in [3.05, 3.63) is 86.7 Å². The van der Waals surface area contributed by atoms with E-state index >= 15 is 0 Å². The zero-order valence-electron chi connectivity index (χ0n) is 17.2. The highest BCUT2D eigenvalue weighted by Crippen LogP contribution is 2.26. The van der Waals surface area contributed by atoms with Gasteiger partial charge in [0.1, 0.15) is 11.6 Å². The lowest BCUT2D eigenvalue weighted by Gasteiger charge is -2.14. The molecular formula is C24H20BrN3O3. The van der Waals surface area contributed by atoms with Crippen LogP contribution < -0.4 is 5.32 Å². The van der Waals surface area contributed by atoms with Crippen molar-refractivity contribution in [3.63, 3.8) is 0 Å². The van der Waals surface area contributed by atoms with Gasteiger partial charge in [0.25, 0.3) is 5.91 Å². The van der Waals surface area contributed by atoms with Crippen molar-refractivity contribution in [1.29, 1.82) is 5.26 Å². The van der Waals surface area contributed by atoms with Crippen molar-refractivity contribution < 1.29 is 14.7 Å². The number of aromatic carboxylic acids is 1. The number of amides is 1. The molecule has 156 valence electrons. The van der Waals surface area contributed by atoms with Crippen LogP contribution in [0.15, 0.2) is 58.6 Å². The summed E-state index contributed by atoms with van der Waals surface area (Å²) >= 11 is 3.34. The fraction of sp³-hybridized carbons (Fsp3) is 0.125. The average molecular weight is 478 g/mol. The molecule has 2 aromatic carbocycles. The highest BCUT2D eigenvalue weighted by atomic mass is 79.9. The Morgan fingerprint density at radius 3 is 2.42 bits per heavy atom. The Morgan fingerprint density at radius 1 is 1.13 bits per heavy atom. The number of nitriles is 1. The quantitative estimate of drug-likeness (QED) is 0.379. The Bertz CT molecular complexity index is 1250. The number of carboxylic acids is 1. The van der Waals surface area contributed by atoms with Gasteiger partial charge in [0.2, 0.25) is 0 Å². The second-order valence-corrected chi connectivity index (χ2v) is 7.96. The molecule has 0 aliphatic carbocycles. The predicted octanol–water partition coefficient (Wildman–Crippen LogP) is 5.41. The van der Waals surface area contributed by atoms with Crippen LogP contribution in [0, 0.1) is 32.1 Å². The van der Waals surface area contributed by atoms with Gasteiger partial charge in [0.15, 0.2) is 0 Å². The third kappa shape index (κ3) is 4.60. The normalized spacial score (nSPS) is 11.1. The van der Waals surface area contributed by atoms with Crippen molar-refractivity contribution >= 4 is 39.6 Å². The molecule has 0 fully saturated rings. The number of aromatic nitrogens is 1. The lowest BCUT2D eigenvalue weighted by Crippen LogP contribution is -2.13. The molecule has 0 spiro atoms. The number of carbonyl (C=O) groups is 2. The zero-order chi connectivity index (χ0) is 22.7. The molecule has 6 nitrogen and oxygen atoms in total. The van der Waals surface area contributed by atoms with Crippen LogP contribution in [0.1, 0.15) is 32.9 Å². The van der Waals surface area contributed by atoms with Crippen molar-refractivity contribution in [2.45, 2.75) is 20.8 Å². The number of carbonyl (C=O) groups excluding carboxylic acids is 1. The highest BCUT2D eigenvalue weighted by Gasteiger charge is 2.17. The minimum absolute atomic E-state index is 0.0285. The Kier molecular flexibility index (Phi) is 6.42.